The third-order valence-corrected chi connectivity index (χ3v) is 6.79. The summed E-state index contributed by atoms with van der Waals surface area (Å²) in [6.45, 7) is 4.35. The van der Waals surface area contributed by atoms with Crippen LogP contribution in [0.1, 0.15) is 38.2 Å². The van der Waals surface area contributed by atoms with E-state index in [1.807, 2.05) is 0 Å². The zero-order valence-corrected chi connectivity index (χ0v) is 19.7. The van der Waals surface area contributed by atoms with E-state index in [4.69, 9.17) is 23.2 Å². The molecule has 0 spiro atoms. The van der Waals surface area contributed by atoms with Crippen molar-refractivity contribution in [1.29, 1.82) is 0 Å². The molecule has 1 aromatic carbocycles. The maximum Gasteiger partial charge on any atom is 0.246 e. The van der Waals surface area contributed by atoms with Crippen molar-refractivity contribution in [2.75, 3.05) is 39.3 Å². The van der Waals surface area contributed by atoms with Gasteiger partial charge in [0.15, 0.2) is 0 Å². The molecule has 2 aliphatic rings. The molecule has 0 saturated carbocycles. The van der Waals surface area contributed by atoms with E-state index in [1.165, 1.54) is 6.08 Å². The highest BCUT2D eigenvalue weighted by Crippen LogP contribution is 2.23. The number of piperidine rings is 1. The van der Waals surface area contributed by atoms with Gasteiger partial charge in [-0.3, -0.25) is 14.4 Å². The number of hydrogen-bond acceptors (Lipinski definition) is 4. The monoisotopic (exact) mass is 481 g/mol. The highest BCUT2D eigenvalue weighted by Gasteiger charge is 2.30. The number of benzene rings is 1. The summed E-state index contributed by atoms with van der Waals surface area (Å²) in [6.07, 6.45) is 4.74. The van der Waals surface area contributed by atoms with E-state index in [1.54, 1.807) is 45.9 Å². The van der Waals surface area contributed by atoms with Crippen LogP contribution < -0.4 is 0 Å². The molecule has 32 heavy (non-hydrogen) atoms. The number of likely N-dealkylation sites (tertiary alicyclic amines) is 1. The van der Waals surface area contributed by atoms with E-state index in [-0.39, 0.29) is 30.6 Å². The topological polar surface area (TPSA) is 81.2 Å². The Balaban J connectivity index is 1.48. The molecule has 174 valence electrons. The Morgan fingerprint density at radius 1 is 1.06 bits per heavy atom. The van der Waals surface area contributed by atoms with Gasteiger partial charge in [-0.05, 0) is 43.5 Å². The average molecular weight is 482 g/mol. The number of carbonyl (C=O) groups excluding carboxylic acids is 3. The minimum absolute atomic E-state index is 0.00459. The Morgan fingerprint density at radius 2 is 1.78 bits per heavy atom. The maximum atomic E-state index is 12.6. The molecule has 0 aromatic heterocycles. The Morgan fingerprint density at radius 3 is 2.47 bits per heavy atom. The molecule has 3 amide bonds. The number of aliphatic hydroxyl groups is 1. The third-order valence-electron chi connectivity index (χ3n) is 6.05. The zero-order valence-electron chi connectivity index (χ0n) is 18.2. The van der Waals surface area contributed by atoms with Gasteiger partial charge in [-0.15, -0.1) is 0 Å². The van der Waals surface area contributed by atoms with E-state index in [0.29, 0.717) is 62.2 Å². The fraction of sp³-hybridized carbons (Fsp3) is 0.522. The molecule has 0 aliphatic carbocycles. The SMILES string of the molecule is CC1(O)CCN(C(=O)CCN2CCN(C(=O)C=Cc3ccc(Cl)c(Cl)c3)CCC2=O)CC1. The van der Waals surface area contributed by atoms with Crippen molar-refractivity contribution >= 4 is 47.0 Å². The van der Waals surface area contributed by atoms with Gasteiger partial charge in [-0.1, -0.05) is 29.3 Å². The van der Waals surface area contributed by atoms with Gasteiger partial charge in [-0.2, -0.15) is 0 Å². The number of hydrogen-bond donors (Lipinski definition) is 1. The molecule has 9 heteroatoms. The van der Waals surface area contributed by atoms with Gasteiger partial charge in [-0.25, -0.2) is 0 Å². The maximum absolute atomic E-state index is 12.6. The summed E-state index contributed by atoms with van der Waals surface area (Å²) in [4.78, 5) is 42.6. The Kier molecular flexibility index (Phi) is 8.20. The summed E-state index contributed by atoms with van der Waals surface area (Å²) in [5, 5.41) is 10.9. The molecule has 0 unspecified atom stereocenters. The molecule has 0 radical (unpaired) electrons. The first-order valence-corrected chi connectivity index (χ1v) is 11.6. The van der Waals surface area contributed by atoms with Crippen molar-refractivity contribution in [2.45, 2.75) is 38.2 Å². The van der Waals surface area contributed by atoms with Gasteiger partial charge in [0, 0.05) is 58.2 Å². The van der Waals surface area contributed by atoms with Crippen LogP contribution in [0.15, 0.2) is 24.3 Å². The molecular weight excluding hydrogens is 453 g/mol. The summed E-state index contributed by atoms with van der Waals surface area (Å²) in [6, 6.07) is 5.12. The summed E-state index contributed by atoms with van der Waals surface area (Å²) in [5.74, 6) is -0.236. The Labute approximate surface area is 198 Å². The van der Waals surface area contributed by atoms with Crippen LogP contribution in [0.3, 0.4) is 0 Å². The van der Waals surface area contributed by atoms with Gasteiger partial charge in [0.2, 0.25) is 17.7 Å². The van der Waals surface area contributed by atoms with Gasteiger partial charge in [0.25, 0.3) is 0 Å². The first-order valence-electron chi connectivity index (χ1n) is 10.8. The van der Waals surface area contributed by atoms with Crippen LogP contribution in [-0.2, 0) is 14.4 Å². The smallest absolute Gasteiger partial charge is 0.246 e. The van der Waals surface area contributed by atoms with Gasteiger partial charge in [0.05, 0.1) is 15.6 Å². The molecule has 1 aromatic rings. The predicted molar refractivity (Wildman–Crippen MR) is 124 cm³/mol. The van der Waals surface area contributed by atoms with Crippen molar-refractivity contribution < 1.29 is 19.5 Å². The lowest BCUT2D eigenvalue weighted by Crippen LogP contribution is -2.46. The van der Waals surface area contributed by atoms with E-state index >= 15 is 0 Å². The fourth-order valence-electron chi connectivity index (χ4n) is 3.84. The van der Waals surface area contributed by atoms with Gasteiger partial charge in [0.1, 0.15) is 0 Å². The van der Waals surface area contributed by atoms with Crippen LogP contribution in [0.4, 0.5) is 0 Å². The quantitative estimate of drug-likeness (QED) is 0.655. The molecule has 2 heterocycles. The average Bonchev–Trinajstić information content (AvgIpc) is 2.94. The van der Waals surface area contributed by atoms with E-state index in [2.05, 4.69) is 0 Å². The highest BCUT2D eigenvalue weighted by atomic mass is 35.5. The highest BCUT2D eigenvalue weighted by molar-refractivity contribution is 6.42. The minimum Gasteiger partial charge on any atom is -0.390 e. The van der Waals surface area contributed by atoms with Gasteiger partial charge >= 0.3 is 0 Å². The predicted octanol–water partition coefficient (Wildman–Crippen LogP) is 2.83. The van der Waals surface area contributed by atoms with Crippen LogP contribution in [0.25, 0.3) is 6.08 Å². The molecule has 2 fully saturated rings. The first kappa shape index (κ1) is 24.6. The lowest BCUT2D eigenvalue weighted by atomic mass is 9.94. The zero-order chi connectivity index (χ0) is 23.3. The number of nitrogens with zero attached hydrogens (tertiary/aromatic N) is 3. The molecule has 0 atom stereocenters. The van der Waals surface area contributed by atoms with E-state index in [0.717, 1.165) is 5.56 Å². The van der Waals surface area contributed by atoms with E-state index < -0.39 is 5.60 Å². The van der Waals surface area contributed by atoms with Crippen molar-refractivity contribution in [3.63, 3.8) is 0 Å². The van der Waals surface area contributed by atoms with Gasteiger partial charge < -0.3 is 19.8 Å². The summed E-state index contributed by atoms with van der Waals surface area (Å²) in [5.41, 5.74) is 0.0555. The van der Waals surface area contributed by atoms with Crippen LogP contribution in [-0.4, -0.2) is 82.4 Å². The molecule has 2 saturated heterocycles. The van der Waals surface area contributed by atoms with Crippen LogP contribution in [0, 0.1) is 0 Å². The standard InChI is InChI=1S/C23H29Cl2N3O4/c1-23(32)8-12-28(13-9-23)22(31)7-11-27-15-14-26(10-6-21(27)30)20(29)5-3-17-2-4-18(24)19(25)16-17/h2-5,16,32H,6-15H2,1H3. The molecule has 2 aliphatic heterocycles. The summed E-state index contributed by atoms with van der Waals surface area (Å²) in [7, 11) is 0. The normalized spacial score (nSPS) is 19.4. The Hall–Kier alpha value is -2.09. The van der Waals surface area contributed by atoms with Crippen LogP contribution in [0.5, 0.6) is 0 Å². The molecular formula is C23H29Cl2N3O4. The largest absolute Gasteiger partial charge is 0.390 e. The fourth-order valence-corrected chi connectivity index (χ4v) is 4.15. The molecule has 0 bridgehead atoms. The lowest BCUT2D eigenvalue weighted by Gasteiger charge is -2.36. The van der Waals surface area contributed by atoms with Crippen LogP contribution in [0.2, 0.25) is 10.0 Å². The first-order chi connectivity index (χ1) is 15.1. The van der Waals surface area contributed by atoms with Crippen molar-refractivity contribution in [3.05, 3.63) is 39.9 Å². The second-order valence-electron chi connectivity index (χ2n) is 8.59. The van der Waals surface area contributed by atoms with Crippen molar-refractivity contribution in [3.8, 4) is 0 Å². The number of halogens is 2. The molecule has 1 N–H and O–H groups in total. The molecule has 3 rings (SSSR count). The number of carbonyl (C=O) groups is 3. The summed E-state index contributed by atoms with van der Waals surface area (Å²) < 4.78 is 0. The number of rotatable bonds is 5. The van der Waals surface area contributed by atoms with Crippen LogP contribution >= 0.6 is 23.2 Å². The second kappa shape index (κ2) is 10.7. The third kappa shape index (κ3) is 6.70. The minimum atomic E-state index is -0.707. The van der Waals surface area contributed by atoms with E-state index in [9.17, 15) is 19.5 Å². The second-order valence-corrected chi connectivity index (χ2v) is 9.41. The van der Waals surface area contributed by atoms with Crippen molar-refractivity contribution in [2.24, 2.45) is 0 Å². The van der Waals surface area contributed by atoms with Crippen molar-refractivity contribution in [1.82, 2.24) is 14.7 Å². The number of amides is 3. The summed E-state index contributed by atoms with van der Waals surface area (Å²) >= 11 is 11.9. The Bertz CT molecular complexity index is 893. The lowest BCUT2D eigenvalue weighted by molar-refractivity contribution is -0.136. The molecule has 7 nitrogen and oxygen atoms in total.